The summed E-state index contributed by atoms with van der Waals surface area (Å²) in [5.41, 5.74) is 5.24. The highest BCUT2D eigenvalue weighted by atomic mass is 19.4. The molecule has 0 bridgehead atoms. The van der Waals surface area contributed by atoms with Crippen molar-refractivity contribution in [3.05, 3.63) is 125 Å². The van der Waals surface area contributed by atoms with E-state index in [1.165, 1.54) is 31.4 Å². The SMILES string of the molecule is Cc1ccccc1-c1cccc2c(C(=O)NC3(c4ccccc4)CC3)c(CN3CCC(N4CCCCC4)CC3)c(-c3cccc(C(F)(F)F)c3)nc12.O=C(O)C(F)(F)F. The first-order valence-electron chi connectivity index (χ1n) is 20.0. The Balaban J connectivity index is 0.000000694. The van der Waals surface area contributed by atoms with Crippen LogP contribution < -0.4 is 5.32 Å². The number of carboxylic acids is 1. The van der Waals surface area contributed by atoms with Gasteiger partial charge in [0.25, 0.3) is 5.91 Å². The Morgan fingerprint density at radius 1 is 0.797 bits per heavy atom. The first-order valence-corrected chi connectivity index (χ1v) is 20.0. The topological polar surface area (TPSA) is 85.8 Å². The van der Waals surface area contributed by atoms with E-state index in [0.717, 1.165) is 80.2 Å². The minimum Gasteiger partial charge on any atom is -0.475 e. The number of amides is 1. The second-order valence-electron chi connectivity index (χ2n) is 15.7. The third-order valence-electron chi connectivity index (χ3n) is 11.8. The molecule has 3 fully saturated rings. The summed E-state index contributed by atoms with van der Waals surface area (Å²) < 4.78 is 74.3. The van der Waals surface area contributed by atoms with Gasteiger partial charge in [-0.05, 0) is 100 Å². The predicted octanol–water partition coefficient (Wildman–Crippen LogP) is 10.4. The van der Waals surface area contributed by atoms with Gasteiger partial charge in [0.05, 0.1) is 27.9 Å². The molecule has 2 N–H and O–H groups in total. The number of nitrogens with zero attached hydrogens (tertiary/aromatic N) is 3. The smallest absolute Gasteiger partial charge is 0.475 e. The summed E-state index contributed by atoms with van der Waals surface area (Å²) in [6.45, 7) is 6.44. The van der Waals surface area contributed by atoms with Crippen molar-refractivity contribution in [2.24, 2.45) is 0 Å². The highest BCUT2D eigenvalue weighted by Crippen LogP contribution is 2.46. The maximum atomic E-state index is 15.0. The molecule has 0 spiro atoms. The molecular formula is C46H46F6N4O3. The number of aromatic nitrogens is 1. The quantitative estimate of drug-likeness (QED) is 0.152. The molecule has 2 saturated heterocycles. The number of hydrogen-bond donors (Lipinski definition) is 2. The number of rotatable bonds is 8. The van der Waals surface area contributed by atoms with Crippen molar-refractivity contribution in [3.8, 4) is 22.4 Å². The largest absolute Gasteiger partial charge is 0.490 e. The van der Waals surface area contributed by atoms with E-state index < -0.39 is 29.4 Å². The minimum absolute atomic E-state index is 0.220. The number of aryl methyl sites for hydroxylation is 1. The van der Waals surface area contributed by atoms with Crippen LogP contribution in [0.25, 0.3) is 33.3 Å². The second-order valence-corrected chi connectivity index (χ2v) is 15.7. The molecule has 3 heterocycles. The van der Waals surface area contributed by atoms with E-state index in [4.69, 9.17) is 14.9 Å². The number of aliphatic carboxylic acids is 1. The number of carboxylic acid groups (broad SMARTS) is 1. The zero-order valence-electron chi connectivity index (χ0n) is 32.7. The van der Waals surface area contributed by atoms with Crippen molar-refractivity contribution in [2.75, 3.05) is 26.2 Å². The molecule has 13 heteroatoms. The van der Waals surface area contributed by atoms with Crippen LogP contribution in [0, 0.1) is 6.92 Å². The number of hydrogen-bond acceptors (Lipinski definition) is 5. The Bertz CT molecular complexity index is 2290. The molecule has 1 amide bonds. The van der Waals surface area contributed by atoms with Gasteiger partial charge in [0.2, 0.25) is 0 Å². The number of carbonyl (C=O) groups excluding carboxylic acids is 1. The van der Waals surface area contributed by atoms with Gasteiger partial charge in [0, 0.05) is 34.7 Å². The van der Waals surface area contributed by atoms with Gasteiger partial charge in [-0.3, -0.25) is 9.69 Å². The third kappa shape index (κ3) is 9.47. The minimum atomic E-state index is -5.08. The van der Waals surface area contributed by atoms with Gasteiger partial charge in [0.15, 0.2) is 0 Å². The van der Waals surface area contributed by atoms with Crippen LogP contribution in [0.4, 0.5) is 26.3 Å². The number of pyridine rings is 1. The van der Waals surface area contributed by atoms with E-state index in [2.05, 4.69) is 27.2 Å². The maximum absolute atomic E-state index is 15.0. The lowest BCUT2D eigenvalue weighted by Crippen LogP contribution is -2.46. The second kappa shape index (κ2) is 17.1. The Hall–Kier alpha value is -5.27. The van der Waals surface area contributed by atoms with E-state index in [9.17, 15) is 31.1 Å². The lowest BCUT2D eigenvalue weighted by Gasteiger charge is -2.40. The number of fused-ring (bicyclic) bond motifs is 1. The molecule has 7 nitrogen and oxygen atoms in total. The zero-order chi connectivity index (χ0) is 42.0. The number of piperidine rings is 2. The summed E-state index contributed by atoms with van der Waals surface area (Å²) in [5.74, 6) is -2.98. The molecule has 1 aromatic heterocycles. The summed E-state index contributed by atoms with van der Waals surface area (Å²) in [7, 11) is 0. The molecule has 1 aliphatic carbocycles. The molecule has 2 aliphatic heterocycles. The monoisotopic (exact) mass is 816 g/mol. The number of likely N-dealkylation sites (tertiary alicyclic amines) is 2. The highest BCUT2D eigenvalue weighted by molar-refractivity contribution is 6.12. The first-order chi connectivity index (χ1) is 28.1. The van der Waals surface area contributed by atoms with E-state index in [0.29, 0.717) is 45.9 Å². The normalized spacial score (nSPS) is 17.5. The summed E-state index contributed by atoms with van der Waals surface area (Å²) in [6.07, 6.45) is -2.13. The van der Waals surface area contributed by atoms with E-state index in [1.54, 1.807) is 6.07 Å². The van der Waals surface area contributed by atoms with Crippen molar-refractivity contribution in [2.45, 2.75) is 82.3 Å². The average molecular weight is 817 g/mol. The molecule has 3 aliphatic rings. The molecule has 310 valence electrons. The van der Waals surface area contributed by atoms with Crippen molar-refractivity contribution < 1.29 is 41.0 Å². The van der Waals surface area contributed by atoms with Crippen molar-refractivity contribution in [3.63, 3.8) is 0 Å². The fourth-order valence-electron chi connectivity index (χ4n) is 8.51. The molecule has 8 rings (SSSR count). The molecule has 0 atom stereocenters. The van der Waals surface area contributed by atoms with Gasteiger partial charge in [-0.25, -0.2) is 9.78 Å². The van der Waals surface area contributed by atoms with Crippen molar-refractivity contribution in [1.82, 2.24) is 20.1 Å². The molecule has 5 aromatic rings. The number of halogens is 6. The third-order valence-corrected chi connectivity index (χ3v) is 11.8. The lowest BCUT2D eigenvalue weighted by molar-refractivity contribution is -0.192. The summed E-state index contributed by atoms with van der Waals surface area (Å²) >= 11 is 0. The molecule has 4 aromatic carbocycles. The highest BCUT2D eigenvalue weighted by Gasteiger charge is 2.46. The molecule has 59 heavy (non-hydrogen) atoms. The summed E-state index contributed by atoms with van der Waals surface area (Å²) in [4.78, 5) is 34.2. The van der Waals surface area contributed by atoms with Gasteiger partial charge in [-0.2, -0.15) is 26.3 Å². The molecular weight excluding hydrogens is 771 g/mol. The Morgan fingerprint density at radius 2 is 1.42 bits per heavy atom. The van der Waals surface area contributed by atoms with Crippen LogP contribution in [0.2, 0.25) is 0 Å². The lowest BCUT2D eigenvalue weighted by atomic mass is 9.90. The van der Waals surface area contributed by atoms with Gasteiger partial charge < -0.3 is 15.3 Å². The van der Waals surface area contributed by atoms with E-state index in [-0.39, 0.29) is 5.91 Å². The van der Waals surface area contributed by atoms with Crippen LogP contribution >= 0.6 is 0 Å². The maximum Gasteiger partial charge on any atom is 0.490 e. The van der Waals surface area contributed by atoms with Crippen molar-refractivity contribution in [1.29, 1.82) is 0 Å². The van der Waals surface area contributed by atoms with Crippen molar-refractivity contribution >= 4 is 22.8 Å². The van der Waals surface area contributed by atoms with Crippen LogP contribution in [0.5, 0.6) is 0 Å². The number of alkyl halides is 6. The van der Waals surface area contributed by atoms with Crippen LogP contribution in [0.1, 0.15) is 77.6 Å². The number of nitrogens with one attached hydrogen (secondary N) is 1. The Morgan fingerprint density at radius 3 is 2.05 bits per heavy atom. The summed E-state index contributed by atoms with van der Waals surface area (Å²) in [5, 5.41) is 11.3. The van der Waals surface area contributed by atoms with E-state index in [1.807, 2.05) is 67.6 Å². The van der Waals surface area contributed by atoms with Gasteiger partial charge >= 0.3 is 18.3 Å². The molecule has 0 radical (unpaired) electrons. The number of benzene rings is 4. The van der Waals surface area contributed by atoms with Gasteiger partial charge in [-0.1, -0.05) is 91.3 Å². The van der Waals surface area contributed by atoms with Crippen LogP contribution in [0.3, 0.4) is 0 Å². The van der Waals surface area contributed by atoms with Crippen LogP contribution in [-0.4, -0.2) is 70.2 Å². The standard InChI is InChI=1S/C44H45F3N4O.C2HF3O2/c1-30-12-6-7-17-35(30)36-18-11-19-37-39(42(52)49-43(22-23-43)32-14-4-2-5-15-32)38(29-50-26-20-34(21-27-50)51-24-8-3-9-25-51)40(48-41(36)37)31-13-10-16-33(28-31)44(45,46)47;3-2(4,5)1(6)7/h2,4-7,10-19,28,34H,3,8-9,20-27,29H2,1H3,(H,49,52);(H,6,7). The molecule has 0 unspecified atom stereocenters. The Labute approximate surface area is 339 Å². The fourth-order valence-corrected chi connectivity index (χ4v) is 8.51. The van der Waals surface area contributed by atoms with E-state index >= 15 is 0 Å². The number of carbonyl (C=O) groups is 2. The average Bonchev–Trinajstić information content (AvgIpc) is 4.01. The van der Waals surface area contributed by atoms with Gasteiger partial charge in [0.1, 0.15) is 0 Å². The summed E-state index contributed by atoms with van der Waals surface area (Å²) in [6, 6.07) is 29.9. The Kier molecular flexibility index (Phi) is 12.2. The number of para-hydroxylation sites is 1. The van der Waals surface area contributed by atoms with Crippen LogP contribution in [-0.2, 0) is 23.1 Å². The zero-order valence-corrected chi connectivity index (χ0v) is 32.7. The fraction of sp³-hybridized carbons (Fsp3) is 0.370. The van der Waals surface area contributed by atoms with Crippen LogP contribution in [0.15, 0.2) is 97.1 Å². The first kappa shape index (κ1) is 41.9. The molecule has 1 saturated carbocycles. The van der Waals surface area contributed by atoms with Gasteiger partial charge in [-0.15, -0.1) is 0 Å². The predicted molar refractivity (Wildman–Crippen MR) is 215 cm³/mol.